The molecule has 4 aromatic rings. The summed E-state index contributed by atoms with van der Waals surface area (Å²) < 4.78 is 17.1. The fourth-order valence-electron chi connectivity index (χ4n) is 3.71. The highest BCUT2D eigenvalue weighted by Gasteiger charge is 2.23. The van der Waals surface area contributed by atoms with Gasteiger partial charge in [0.1, 0.15) is 29.6 Å². The van der Waals surface area contributed by atoms with E-state index < -0.39 is 6.10 Å². The number of aliphatic hydroxyl groups is 1. The minimum atomic E-state index is -0.783. The fourth-order valence-corrected chi connectivity index (χ4v) is 3.71. The van der Waals surface area contributed by atoms with Crippen molar-refractivity contribution in [1.82, 2.24) is 4.90 Å². The average molecular weight is 423 g/mol. The summed E-state index contributed by atoms with van der Waals surface area (Å²) in [7, 11) is 0. The van der Waals surface area contributed by atoms with Crippen molar-refractivity contribution in [2.75, 3.05) is 19.7 Å². The number of hydrogen-bond acceptors (Lipinski definition) is 7. The van der Waals surface area contributed by atoms with Crippen LogP contribution >= 0.6 is 0 Å². The molecule has 0 aliphatic rings. The molecule has 0 bridgehead atoms. The number of nitrogens with zero attached hydrogens (tertiary/aromatic N) is 1. The van der Waals surface area contributed by atoms with Crippen LogP contribution in [0.2, 0.25) is 0 Å². The van der Waals surface area contributed by atoms with Gasteiger partial charge in [-0.1, -0.05) is 37.3 Å². The second kappa shape index (κ2) is 8.83. The number of ether oxygens (including phenoxy) is 1. The molecule has 2 N–H and O–H groups in total. The van der Waals surface area contributed by atoms with Crippen molar-refractivity contribution in [2.24, 2.45) is 0 Å². The molecule has 162 valence electrons. The van der Waals surface area contributed by atoms with Gasteiger partial charge >= 0.3 is 0 Å². The van der Waals surface area contributed by atoms with E-state index in [0.29, 0.717) is 24.2 Å². The Morgan fingerprint density at radius 2 is 1.94 bits per heavy atom. The number of benzene rings is 2. The average Bonchev–Trinajstić information content (AvgIpc) is 3.23. The number of aromatic hydroxyl groups is 1. The first-order valence-corrected chi connectivity index (χ1v) is 10.2. The molecule has 1 unspecified atom stereocenters. The second-order valence-corrected chi connectivity index (χ2v) is 7.54. The van der Waals surface area contributed by atoms with Gasteiger partial charge in [0.05, 0.1) is 11.6 Å². The maximum absolute atomic E-state index is 12.5. The zero-order chi connectivity index (χ0) is 22.0. The van der Waals surface area contributed by atoms with E-state index in [1.165, 1.54) is 12.3 Å². The van der Waals surface area contributed by atoms with Crippen LogP contribution in [0, 0.1) is 6.92 Å². The summed E-state index contributed by atoms with van der Waals surface area (Å²) >= 11 is 0. The van der Waals surface area contributed by atoms with E-state index in [2.05, 4.69) is 4.90 Å². The number of aliphatic hydroxyl groups excluding tert-OH is 1. The van der Waals surface area contributed by atoms with Crippen molar-refractivity contribution in [3.05, 3.63) is 70.3 Å². The molecule has 0 spiro atoms. The lowest BCUT2D eigenvalue weighted by molar-refractivity contribution is 0.0678. The second-order valence-electron chi connectivity index (χ2n) is 7.54. The van der Waals surface area contributed by atoms with Crippen LogP contribution in [0.3, 0.4) is 0 Å². The third kappa shape index (κ3) is 4.28. The molecule has 0 saturated carbocycles. The zero-order valence-electron chi connectivity index (χ0n) is 17.5. The van der Waals surface area contributed by atoms with Crippen molar-refractivity contribution in [1.29, 1.82) is 0 Å². The van der Waals surface area contributed by atoms with Crippen molar-refractivity contribution in [3.8, 4) is 11.5 Å². The number of furan rings is 1. The lowest BCUT2D eigenvalue weighted by Crippen LogP contribution is -2.35. The monoisotopic (exact) mass is 423 g/mol. The lowest BCUT2D eigenvalue weighted by atomic mass is 10.1. The summed E-state index contributed by atoms with van der Waals surface area (Å²) in [6, 6.07) is 12.9. The molecule has 2 heterocycles. The van der Waals surface area contributed by atoms with Gasteiger partial charge in [-0.2, -0.15) is 0 Å². The number of hydrogen-bond donors (Lipinski definition) is 2. The Balaban J connectivity index is 1.57. The fraction of sp³-hybridized carbons (Fsp3) is 0.292. The Morgan fingerprint density at radius 3 is 2.68 bits per heavy atom. The molecule has 0 radical (unpaired) electrons. The Kier molecular flexibility index (Phi) is 5.97. The highest BCUT2D eigenvalue weighted by molar-refractivity contribution is 6.06. The molecule has 7 heteroatoms. The van der Waals surface area contributed by atoms with Gasteiger partial charge in [-0.05, 0) is 25.1 Å². The van der Waals surface area contributed by atoms with Gasteiger partial charge in [0.25, 0.3) is 0 Å². The first kappa shape index (κ1) is 21.0. The Bertz CT molecular complexity index is 1240. The quantitative estimate of drug-likeness (QED) is 0.445. The SMILES string of the molecule is CCN(Cc1ccccc1)CC(O)COc1c2occc2c(O)c2c(=O)cc(C)oc12. The van der Waals surface area contributed by atoms with Crippen LogP contribution in [0.4, 0.5) is 0 Å². The standard InChI is InChI=1S/C24H25NO6/c1-3-25(12-16-7-5-4-6-8-16)13-17(26)14-30-24-22-18(9-10-29-22)21(28)20-19(27)11-15(2)31-23(20)24/h4-11,17,26,28H,3,12-14H2,1-2H3. The number of phenolic OH excluding ortho intramolecular Hbond substituents is 1. The number of rotatable bonds is 8. The molecular formula is C24H25NO6. The largest absolute Gasteiger partial charge is 0.506 e. The van der Waals surface area contributed by atoms with Crippen LogP contribution in [-0.2, 0) is 6.54 Å². The molecule has 1 atom stereocenters. The van der Waals surface area contributed by atoms with E-state index in [0.717, 1.165) is 12.1 Å². The van der Waals surface area contributed by atoms with Crippen LogP contribution < -0.4 is 10.2 Å². The third-order valence-corrected chi connectivity index (χ3v) is 5.23. The topological polar surface area (TPSA) is 96.3 Å². The number of phenols is 1. The highest BCUT2D eigenvalue weighted by atomic mass is 16.5. The summed E-state index contributed by atoms with van der Waals surface area (Å²) in [6.45, 7) is 5.54. The first-order valence-electron chi connectivity index (χ1n) is 10.2. The summed E-state index contributed by atoms with van der Waals surface area (Å²) in [6.07, 6.45) is 0.622. The molecule has 0 fully saturated rings. The van der Waals surface area contributed by atoms with Crippen molar-refractivity contribution in [3.63, 3.8) is 0 Å². The lowest BCUT2D eigenvalue weighted by Gasteiger charge is -2.24. The molecule has 4 rings (SSSR count). The Morgan fingerprint density at radius 1 is 1.16 bits per heavy atom. The van der Waals surface area contributed by atoms with Gasteiger partial charge < -0.3 is 23.8 Å². The molecular weight excluding hydrogens is 398 g/mol. The minimum Gasteiger partial charge on any atom is -0.506 e. The van der Waals surface area contributed by atoms with E-state index in [1.807, 2.05) is 37.3 Å². The van der Waals surface area contributed by atoms with Gasteiger partial charge in [0, 0.05) is 19.2 Å². The van der Waals surface area contributed by atoms with E-state index in [1.54, 1.807) is 13.0 Å². The third-order valence-electron chi connectivity index (χ3n) is 5.23. The molecule has 2 aromatic carbocycles. The summed E-state index contributed by atoms with van der Waals surface area (Å²) in [5.41, 5.74) is 1.16. The smallest absolute Gasteiger partial charge is 0.206 e. The Hall–Kier alpha value is -3.29. The molecule has 0 aliphatic carbocycles. The first-order chi connectivity index (χ1) is 15.0. The van der Waals surface area contributed by atoms with Gasteiger partial charge in [0.2, 0.25) is 5.75 Å². The predicted molar refractivity (Wildman–Crippen MR) is 118 cm³/mol. The maximum Gasteiger partial charge on any atom is 0.206 e. The van der Waals surface area contributed by atoms with Crippen molar-refractivity contribution < 1.29 is 23.8 Å². The molecule has 31 heavy (non-hydrogen) atoms. The van der Waals surface area contributed by atoms with E-state index in [-0.39, 0.29) is 40.1 Å². The summed E-state index contributed by atoms with van der Waals surface area (Å²) in [5, 5.41) is 21.5. The van der Waals surface area contributed by atoms with Gasteiger partial charge in [-0.25, -0.2) is 0 Å². The normalized spacial score (nSPS) is 12.6. The number of aryl methyl sites for hydroxylation is 1. The van der Waals surface area contributed by atoms with E-state index in [9.17, 15) is 15.0 Å². The van der Waals surface area contributed by atoms with Crippen molar-refractivity contribution in [2.45, 2.75) is 26.5 Å². The van der Waals surface area contributed by atoms with Gasteiger partial charge in [-0.3, -0.25) is 9.69 Å². The van der Waals surface area contributed by atoms with E-state index in [4.69, 9.17) is 13.6 Å². The summed E-state index contributed by atoms with van der Waals surface area (Å²) in [5.74, 6) is 0.368. The van der Waals surface area contributed by atoms with Gasteiger partial charge in [-0.15, -0.1) is 0 Å². The number of fused-ring (bicyclic) bond motifs is 2. The molecule has 2 aromatic heterocycles. The van der Waals surface area contributed by atoms with E-state index >= 15 is 0 Å². The zero-order valence-corrected chi connectivity index (χ0v) is 17.5. The van der Waals surface area contributed by atoms with Crippen LogP contribution in [0.1, 0.15) is 18.2 Å². The molecule has 0 aliphatic heterocycles. The minimum absolute atomic E-state index is 0.0291. The Labute approximate surface area is 179 Å². The highest BCUT2D eigenvalue weighted by Crippen LogP contribution is 2.41. The van der Waals surface area contributed by atoms with Gasteiger partial charge in [0.15, 0.2) is 16.6 Å². The summed E-state index contributed by atoms with van der Waals surface area (Å²) in [4.78, 5) is 14.6. The molecule has 0 saturated heterocycles. The van der Waals surface area contributed by atoms with Crippen LogP contribution in [0.15, 0.2) is 62.4 Å². The van der Waals surface area contributed by atoms with Crippen LogP contribution in [0.5, 0.6) is 11.5 Å². The molecule has 7 nitrogen and oxygen atoms in total. The maximum atomic E-state index is 12.5. The number of likely N-dealkylation sites (N-methyl/N-ethyl adjacent to an activating group) is 1. The van der Waals surface area contributed by atoms with Crippen LogP contribution in [-0.4, -0.2) is 40.9 Å². The predicted octanol–water partition coefficient (Wildman–Crippen LogP) is 3.82. The van der Waals surface area contributed by atoms with Crippen molar-refractivity contribution >= 4 is 21.9 Å². The molecule has 0 amide bonds. The van der Waals surface area contributed by atoms with Crippen LogP contribution in [0.25, 0.3) is 21.9 Å².